The van der Waals surface area contributed by atoms with Gasteiger partial charge >= 0.3 is 5.97 Å². The molecule has 1 aliphatic rings. The van der Waals surface area contributed by atoms with Gasteiger partial charge in [-0.2, -0.15) is 0 Å². The maximum absolute atomic E-state index is 11.7. The smallest absolute Gasteiger partial charge is 0.333 e. The van der Waals surface area contributed by atoms with Crippen molar-refractivity contribution in [2.45, 2.75) is 109 Å². The van der Waals surface area contributed by atoms with E-state index in [1.807, 2.05) is 18.2 Å². The first-order chi connectivity index (χ1) is 16.5. The quantitative estimate of drug-likeness (QED) is 0.150. The molecule has 0 saturated carbocycles. The first kappa shape index (κ1) is 29.6. The summed E-state index contributed by atoms with van der Waals surface area (Å²) < 4.78 is 23.3. The lowest BCUT2D eigenvalue weighted by molar-refractivity contribution is -0.136. The Morgan fingerprint density at radius 1 is 1.17 bits per heavy atom. The molecule has 0 amide bonds. The van der Waals surface area contributed by atoms with Crippen LogP contribution in [0.15, 0.2) is 42.2 Å². The first-order valence-electron chi connectivity index (χ1n) is 13.0. The van der Waals surface area contributed by atoms with E-state index in [1.54, 1.807) is 0 Å². The number of carbonyl (C=O) groups is 1. The van der Waals surface area contributed by atoms with E-state index in [1.165, 1.54) is 18.7 Å². The minimum atomic E-state index is -2.04. The van der Waals surface area contributed by atoms with Gasteiger partial charge in [0.15, 0.2) is 8.32 Å². The van der Waals surface area contributed by atoms with Crippen LogP contribution in [0, 0.1) is 0 Å². The van der Waals surface area contributed by atoms with Crippen molar-refractivity contribution < 1.29 is 28.5 Å². The predicted octanol–water partition coefficient (Wildman–Crippen LogP) is 6.14. The summed E-state index contributed by atoms with van der Waals surface area (Å²) in [5.41, 5.74) is 1.19. The van der Waals surface area contributed by atoms with Crippen LogP contribution in [-0.4, -0.2) is 51.4 Å². The number of esters is 1. The third-order valence-electron chi connectivity index (χ3n) is 7.09. The van der Waals surface area contributed by atoms with E-state index in [0.29, 0.717) is 25.2 Å². The number of ether oxygens (including phenoxy) is 3. The van der Waals surface area contributed by atoms with Gasteiger partial charge in [0.25, 0.3) is 0 Å². The maximum atomic E-state index is 11.7. The van der Waals surface area contributed by atoms with E-state index in [2.05, 4.69) is 46.0 Å². The highest BCUT2D eigenvalue weighted by Gasteiger charge is 2.44. The number of methoxy groups -OCH3 is 1. The van der Waals surface area contributed by atoms with Crippen LogP contribution >= 0.6 is 0 Å². The Morgan fingerprint density at radius 2 is 1.86 bits per heavy atom. The van der Waals surface area contributed by atoms with Crippen LogP contribution < -0.4 is 0 Å². The highest BCUT2D eigenvalue weighted by atomic mass is 28.4. The van der Waals surface area contributed by atoms with Gasteiger partial charge in [-0.25, -0.2) is 4.79 Å². The summed E-state index contributed by atoms with van der Waals surface area (Å²) >= 11 is 0. The molecular weight excluding hydrogens is 460 g/mol. The molecule has 1 aliphatic heterocycles. The molecule has 0 bridgehead atoms. The lowest BCUT2D eigenvalue weighted by Gasteiger charge is -2.44. The Labute approximate surface area is 213 Å². The van der Waals surface area contributed by atoms with Gasteiger partial charge in [0.1, 0.15) is 11.9 Å². The van der Waals surface area contributed by atoms with Crippen LogP contribution in [0.5, 0.6) is 0 Å². The largest absolute Gasteiger partial charge is 0.489 e. The normalized spacial score (nSPS) is 20.9. The zero-order valence-corrected chi connectivity index (χ0v) is 23.5. The Bertz CT molecular complexity index is 786. The van der Waals surface area contributed by atoms with Crippen molar-refractivity contribution >= 4 is 14.3 Å². The second-order valence-electron chi connectivity index (χ2n) is 11.0. The van der Waals surface area contributed by atoms with Gasteiger partial charge < -0.3 is 23.7 Å². The number of unbranched alkanes of at least 4 members (excludes halogenated alkanes) is 3. The second-order valence-corrected chi connectivity index (χ2v) is 15.7. The Kier molecular flexibility index (Phi) is 12.0. The van der Waals surface area contributed by atoms with Crippen LogP contribution in [-0.2, 0) is 30.0 Å². The van der Waals surface area contributed by atoms with Crippen molar-refractivity contribution in [3.8, 4) is 0 Å². The van der Waals surface area contributed by atoms with Gasteiger partial charge in [0.2, 0.25) is 0 Å². The summed E-state index contributed by atoms with van der Waals surface area (Å²) in [5.74, 6) is 0.123. The zero-order valence-electron chi connectivity index (χ0n) is 22.5. The first-order valence-corrected chi connectivity index (χ1v) is 15.9. The van der Waals surface area contributed by atoms with E-state index in [9.17, 15) is 9.90 Å². The molecule has 0 unspecified atom stereocenters. The molecule has 0 radical (unpaired) electrons. The molecule has 1 saturated heterocycles. The SMILES string of the molecule is COC(=O)/C=C1/CC[C@@H](O[Si](C)(C)C(C)(C)C)[C@H]([C@@H](O)CCCCCCOCc2ccccc2)O1. The minimum Gasteiger partial charge on any atom is -0.489 e. The molecular formula is C28H46O6Si. The molecule has 7 heteroatoms. The number of rotatable bonds is 13. The number of carbonyl (C=O) groups excluding carboxylic acids is 1. The topological polar surface area (TPSA) is 74.2 Å². The van der Waals surface area contributed by atoms with Crippen LogP contribution in [0.1, 0.15) is 71.3 Å². The third kappa shape index (κ3) is 10.1. The maximum Gasteiger partial charge on any atom is 0.333 e. The monoisotopic (exact) mass is 506 g/mol. The molecule has 6 nitrogen and oxygen atoms in total. The van der Waals surface area contributed by atoms with Gasteiger partial charge in [0.05, 0.1) is 32.0 Å². The molecule has 2 rings (SSSR count). The van der Waals surface area contributed by atoms with Crippen LogP contribution in [0.2, 0.25) is 18.1 Å². The van der Waals surface area contributed by atoms with Gasteiger partial charge in [-0.05, 0) is 43.0 Å². The van der Waals surface area contributed by atoms with Gasteiger partial charge in [0, 0.05) is 13.0 Å². The molecule has 0 aromatic heterocycles. The highest BCUT2D eigenvalue weighted by molar-refractivity contribution is 6.74. The third-order valence-corrected chi connectivity index (χ3v) is 11.6. The van der Waals surface area contributed by atoms with E-state index in [0.717, 1.165) is 38.7 Å². The molecule has 0 aliphatic carbocycles. The molecule has 1 aromatic rings. The molecule has 1 aromatic carbocycles. The number of benzene rings is 1. The minimum absolute atomic E-state index is 0.0627. The van der Waals surface area contributed by atoms with Gasteiger partial charge in [-0.1, -0.05) is 70.4 Å². The van der Waals surface area contributed by atoms with Crippen molar-refractivity contribution in [2.24, 2.45) is 0 Å². The average molecular weight is 507 g/mol. The second kappa shape index (κ2) is 14.2. The fraction of sp³-hybridized carbons (Fsp3) is 0.679. The summed E-state index contributed by atoms with van der Waals surface area (Å²) in [7, 11) is -0.687. The fourth-order valence-electron chi connectivity index (χ4n) is 3.90. The van der Waals surface area contributed by atoms with E-state index < -0.39 is 26.5 Å². The van der Waals surface area contributed by atoms with E-state index in [4.69, 9.17) is 18.6 Å². The molecule has 1 N–H and O–H groups in total. The number of aliphatic hydroxyl groups excluding tert-OH is 1. The lowest BCUT2D eigenvalue weighted by atomic mass is 9.95. The molecule has 198 valence electrons. The molecule has 1 fully saturated rings. The van der Waals surface area contributed by atoms with E-state index >= 15 is 0 Å². The lowest BCUT2D eigenvalue weighted by Crippen LogP contribution is -2.52. The summed E-state index contributed by atoms with van der Waals surface area (Å²) in [6.07, 6.45) is 6.01. The van der Waals surface area contributed by atoms with E-state index in [-0.39, 0.29) is 11.1 Å². The number of aliphatic hydroxyl groups is 1. The Morgan fingerprint density at radius 3 is 2.51 bits per heavy atom. The van der Waals surface area contributed by atoms with Crippen molar-refractivity contribution in [1.29, 1.82) is 0 Å². The van der Waals surface area contributed by atoms with Crippen molar-refractivity contribution in [1.82, 2.24) is 0 Å². The van der Waals surface area contributed by atoms with Crippen molar-refractivity contribution in [2.75, 3.05) is 13.7 Å². The Balaban J connectivity index is 1.82. The van der Waals surface area contributed by atoms with Crippen molar-refractivity contribution in [3.63, 3.8) is 0 Å². The zero-order chi connectivity index (χ0) is 25.9. The number of allylic oxidation sites excluding steroid dienone is 1. The van der Waals surface area contributed by atoms with Gasteiger partial charge in [-0.15, -0.1) is 0 Å². The summed E-state index contributed by atoms with van der Waals surface area (Å²) in [5, 5.41) is 11.1. The molecule has 35 heavy (non-hydrogen) atoms. The standard InChI is InChI=1S/C28H46O6Si/c1-28(2,3)35(5,6)34-25-18-17-23(20-26(30)31-4)33-27(25)24(29)16-12-7-8-13-19-32-21-22-14-10-9-11-15-22/h9-11,14-15,20,24-25,27,29H,7-8,12-13,16-19,21H2,1-6H3/b23-20-/t24-,25+,27-/m0/s1. The number of hydrogen-bond donors (Lipinski definition) is 1. The molecule has 1 heterocycles. The summed E-state index contributed by atoms with van der Waals surface area (Å²) in [6, 6.07) is 10.2. The Hall–Kier alpha value is -1.67. The van der Waals surface area contributed by atoms with Crippen LogP contribution in [0.3, 0.4) is 0 Å². The fourth-order valence-corrected chi connectivity index (χ4v) is 5.26. The highest BCUT2D eigenvalue weighted by Crippen LogP contribution is 2.40. The average Bonchev–Trinajstić information content (AvgIpc) is 2.81. The van der Waals surface area contributed by atoms with Crippen LogP contribution in [0.25, 0.3) is 0 Å². The molecule has 3 atom stereocenters. The van der Waals surface area contributed by atoms with Crippen molar-refractivity contribution in [3.05, 3.63) is 47.7 Å². The van der Waals surface area contributed by atoms with Gasteiger partial charge in [-0.3, -0.25) is 0 Å². The molecule has 0 spiro atoms. The van der Waals surface area contributed by atoms with Crippen LogP contribution in [0.4, 0.5) is 0 Å². The summed E-state index contributed by atoms with van der Waals surface area (Å²) in [6.45, 7) is 12.5. The summed E-state index contributed by atoms with van der Waals surface area (Å²) in [4.78, 5) is 11.7. The predicted molar refractivity (Wildman–Crippen MR) is 141 cm³/mol. The number of hydrogen-bond acceptors (Lipinski definition) is 6.